The number of hydrogen-bond donors (Lipinski definition) is 1. The third kappa shape index (κ3) is 4.16. The van der Waals surface area contributed by atoms with Crippen LogP contribution < -0.4 is 4.74 Å². The zero-order valence-corrected chi connectivity index (χ0v) is 17.6. The third-order valence-electron chi connectivity index (χ3n) is 7.52. The minimum Gasteiger partial charge on any atom is -0.478 e. The van der Waals surface area contributed by atoms with Crippen LogP contribution in [0.1, 0.15) is 60.0 Å². The lowest BCUT2D eigenvalue weighted by atomic mass is 9.48. The minimum atomic E-state index is -0.995. The molecule has 4 heteroatoms. The maximum Gasteiger partial charge on any atom is 0.335 e. The molecule has 0 aromatic heterocycles. The number of ether oxygens (including phenoxy) is 1. The number of carboxylic acids is 1. The lowest BCUT2D eigenvalue weighted by Crippen LogP contribution is -2.48. The van der Waals surface area contributed by atoms with E-state index in [-0.39, 0.29) is 17.8 Å². The molecule has 0 heterocycles. The smallest absolute Gasteiger partial charge is 0.335 e. The SMILES string of the molecule is O=C(/C=C/Oc1ccc(C23CC4CC(CC(C4)C2)C3)cc1)Cc1cccc(C(=O)O)c1. The maximum atomic E-state index is 12.2. The first-order valence-corrected chi connectivity index (χ1v) is 11.3. The van der Waals surface area contributed by atoms with Crippen molar-refractivity contribution < 1.29 is 19.4 Å². The number of carboxylic acid groups (broad SMARTS) is 1. The molecule has 4 aliphatic rings. The van der Waals surface area contributed by atoms with E-state index in [1.807, 2.05) is 12.1 Å². The molecular weight excluding hydrogens is 388 g/mol. The van der Waals surface area contributed by atoms with Crippen molar-refractivity contribution in [1.82, 2.24) is 0 Å². The van der Waals surface area contributed by atoms with E-state index >= 15 is 0 Å². The van der Waals surface area contributed by atoms with Crippen molar-refractivity contribution in [1.29, 1.82) is 0 Å². The summed E-state index contributed by atoms with van der Waals surface area (Å²) in [5.41, 5.74) is 2.69. The summed E-state index contributed by atoms with van der Waals surface area (Å²) >= 11 is 0. The highest BCUT2D eigenvalue weighted by Crippen LogP contribution is 2.60. The molecule has 0 amide bonds. The summed E-state index contributed by atoms with van der Waals surface area (Å²) in [6, 6.07) is 14.9. The van der Waals surface area contributed by atoms with Gasteiger partial charge in [0.1, 0.15) is 5.75 Å². The van der Waals surface area contributed by atoms with Gasteiger partial charge >= 0.3 is 5.97 Å². The topological polar surface area (TPSA) is 63.6 Å². The van der Waals surface area contributed by atoms with Gasteiger partial charge in [-0.1, -0.05) is 24.3 Å². The molecule has 4 bridgehead atoms. The molecule has 4 fully saturated rings. The second-order valence-electron chi connectivity index (χ2n) is 9.79. The largest absolute Gasteiger partial charge is 0.478 e. The van der Waals surface area contributed by atoms with Crippen molar-refractivity contribution in [3.8, 4) is 5.75 Å². The number of aromatic carboxylic acids is 1. The first-order chi connectivity index (χ1) is 15.0. The van der Waals surface area contributed by atoms with Gasteiger partial charge in [0.15, 0.2) is 5.78 Å². The van der Waals surface area contributed by atoms with Gasteiger partial charge in [0.05, 0.1) is 11.8 Å². The summed E-state index contributed by atoms with van der Waals surface area (Å²) in [7, 11) is 0. The van der Waals surface area contributed by atoms with E-state index in [4.69, 9.17) is 9.84 Å². The van der Waals surface area contributed by atoms with E-state index in [1.54, 1.807) is 12.1 Å². The van der Waals surface area contributed by atoms with E-state index in [0.717, 1.165) is 23.5 Å². The minimum absolute atomic E-state index is 0.132. The van der Waals surface area contributed by atoms with Gasteiger partial charge in [-0.05, 0) is 97.1 Å². The molecule has 0 atom stereocenters. The molecule has 6 rings (SSSR count). The van der Waals surface area contributed by atoms with Crippen molar-refractivity contribution in [3.63, 3.8) is 0 Å². The van der Waals surface area contributed by atoms with Crippen molar-refractivity contribution in [2.75, 3.05) is 0 Å². The fraction of sp³-hybridized carbons (Fsp3) is 0.407. The Kier molecular flexibility index (Phi) is 5.17. The molecule has 0 saturated heterocycles. The van der Waals surface area contributed by atoms with Crippen molar-refractivity contribution in [3.05, 3.63) is 77.6 Å². The van der Waals surface area contributed by atoms with Gasteiger partial charge in [-0.3, -0.25) is 4.79 Å². The van der Waals surface area contributed by atoms with Gasteiger partial charge in [0.25, 0.3) is 0 Å². The summed E-state index contributed by atoms with van der Waals surface area (Å²) in [5.74, 6) is 2.37. The van der Waals surface area contributed by atoms with E-state index in [1.165, 1.54) is 68.6 Å². The molecule has 0 spiro atoms. The summed E-state index contributed by atoms with van der Waals surface area (Å²) < 4.78 is 5.65. The zero-order valence-electron chi connectivity index (χ0n) is 17.6. The molecule has 0 aliphatic heterocycles. The molecule has 0 radical (unpaired) electrons. The van der Waals surface area contributed by atoms with Gasteiger partial charge in [-0.2, -0.15) is 0 Å². The van der Waals surface area contributed by atoms with Crippen LogP contribution in [0.2, 0.25) is 0 Å². The van der Waals surface area contributed by atoms with E-state index in [2.05, 4.69) is 12.1 Å². The number of rotatable bonds is 7. The summed E-state index contributed by atoms with van der Waals surface area (Å²) in [4.78, 5) is 23.2. The van der Waals surface area contributed by atoms with Gasteiger partial charge < -0.3 is 9.84 Å². The lowest BCUT2D eigenvalue weighted by molar-refractivity contribution is -0.114. The highest BCUT2D eigenvalue weighted by Gasteiger charge is 2.51. The van der Waals surface area contributed by atoms with Crippen LogP contribution in [0.25, 0.3) is 0 Å². The van der Waals surface area contributed by atoms with Crippen LogP contribution >= 0.6 is 0 Å². The normalized spacial score (nSPS) is 28.7. The van der Waals surface area contributed by atoms with Gasteiger partial charge in [0.2, 0.25) is 0 Å². The number of ketones is 1. The first-order valence-electron chi connectivity index (χ1n) is 11.3. The summed E-state index contributed by atoms with van der Waals surface area (Å²) in [5, 5.41) is 9.06. The van der Waals surface area contributed by atoms with Crippen LogP contribution in [0.4, 0.5) is 0 Å². The number of carbonyl (C=O) groups excluding carboxylic acids is 1. The van der Waals surface area contributed by atoms with Crippen molar-refractivity contribution >= 4 is 11.8 Å². The first kappa shape index (κ1) is 20.0. The zero-order chi connectivity index (χ0) is 21.4. The Hall–Kier alpha value is -2.88. The Morgan fingerprint density at radius 1 is 0.968 bits per heavy atom. The van der Waals surface area contributed by atoms with Crippen molar-refractivity contribution in [2.45, 2.75) is 50.4 Å². The Balaban J connectivity index is 1.19. The lowest BCUT2D eigenvalue weighted by Gasteiger charge is -2.57. The molecule has 160 valence electrons. The predicted octanol–water partition coefficient (Wildman–Crippen LogP) is 5.56. The van der Waals surface area contributed by atoms with Crippen LogP contribution in [-0.2, 0) is 16.6 Å². The van der Waals surface area contributed by atoms with Crippen LogP contribution in [0.3, 0.4) is 0 Å². The second kappa shape index (κ2) is 7.99. The van der Waals surface area contributed by atoms with Crippen LogP contribution in [0.15, 0.2) is 60.9 Å². The average Bonchev–Trinajstić information content (AvgIpc) is 2.73. The average molecular weight is 417 g/mol. The summed E-state index contributed by atoms with van der Waals surface area (Å²) in [6.07, 6.45) is 11.3. The van der Waals surface area contributed by atoms with Gasteiger partial charge in [-0.25, -0.2) is 4.79 Å². The Morgan fingerprint density at radius 2 is 1.61 bits per heavy atom. The fourth-order valence-electron chi connectivity index (χ4n) is 6.61. The predicted molar refractivity (Wildman–Crippen MR) is 118 cm³/mol. The fourth-order valence-corrected chi connectivity index (χ4v) is 6.61. The molecule has 31 heavy (non-hydrogen) atoms. The molecule has 0 unspecified atom stereocenters. The molecule has 4 nitrogen and oxygen atoms in total. The monoisotopic (exact) mass is 416 g/mol. The molecular formula is C27H28O4. The standard InChI is InChI=1S/C27H28O4/c28-24(14-18-2-1-3-22(13-18)26(29)30)8-9-31-25-6-4-23(5-7-25)27-15-19-10-20(16-27)12-21(11-19)17-27/h1-9,13,19-21H,10-12,14-17H2,(H,29,30)/b9-8+. The van der Waals surface area contributed by atoms with Crippen LogP contribution in [-0.4, -0.2) is 16.9 Å². The quantitative estimate of drug-likeness (QED) is 0.474. The highest BCUT2D eigenvalue weighted by molar-refractivity contribution is 5.92. The third-order valence-corrected chi connectivity index (χ3v) is 7.52. The molecule has 2 aromatic carbocycles. The van der Waals surface area contributed by atoms with Gasteiger partial charge in [-0.15, -0.1) is 0 Å². The van der Waals surface area contributed by atoms with Crippen molar-refractivity contribution in [2.24, 2.45) is 17.8 Å². The number of allylic oxidation sites excluding steroid dienone is 1. The Bertz CT molecular complexity index is 983. The van der Waals surface area contributed by atoms with Crippen LogP contribution in [0.5, 0.6) is 5.75 Å². The second-order valence-corrected chi connectivity index (χ2v) is 9.79. The Morgan fingerprint density at radius 3 is 2.23 bits per heavy atom. The number of hydrogen-bond acceptors (Lipinski definition) is 3. The van der Waals surface area contributed by atoms with E-state index in [9.17, 15) is 9.59 Å². The Labute approximate surface area is 182 Å². The number of benzene rings is 2. The molecule has 4 aliphatic carbocycles. The van der Waals surface area contributed by atoms with Crippen LogP contribution in [0, 0.1) is 17.8 Å². The number of carbonyl (C=O) groups is 2. The van der Waals surface area contributed by atoms with E-state index in [0.29, 0.717) is 11.0 Å². The summed E-state index contributed by atoms with van der Waals surface area (Å²) in [6.45, 7) is 0. The van der Waals surface area contributed by atoms with Gasteiger partial charge in [0, 0.05) is 12.5 Å². The van der Waals surface area contributed by atoms with E-state index < -0.39 is 5.97 Å². The maximum absolute atomic E-state index is 12.2. The highest BCUT2D eigenvalue weighted by atomic mass is 16.5. The molecule has 1 N–H and O–H groups in total. The molecule has 4 saturated carbocycles. The molecule has 2 aromatic rings.